The number of hydrogen-bond donors (Lipinski definition) is 0. The van der Waals surface area contributed by atoms with Crippen molar-refractivity contribution < 1.29 is 4.79 Å². The highest BCUT2D eigenvalue weighted by molar-refractivity contribution is 6.07. The van der Waals surface area contributed by atoms with Crippen LogP contribution >= 0.6 is 0 Å². The number of nitrogens with zero attached hydrogens (tertiary/aromatic N) is 5. The number of aryl methyl sites for hydroxylation is 1. The van der Waals surface area contributed by atoms with Gasteiger partial charge in [0.05, 0.1) is 35.0 Å². The fourth-order valence-electron chi connectivity index (χ4n) is 3.85. The molecule has 3 heterocycles. The normalized spacial score (nSPS) is 16.9. The number of aromatic nitrogens is 3. The molecule has 1 atom stereocenters. The van der Waals surface area contributed by atoms with Gasteiger partial charge < -0.3 is 4.90 Å². The molecule has 0 N–H and O–H groups in total. The van der Waals surface area contributed by atoms with E-state index in [2.05, 4.69) is 25.0 Å². The maximum atomic E-state index is 13.4. The van der Waals surface area contributed by atoms with Crippen molar-refractivity contribution in [3.05, 3.63) is 47.8 Å². The molecule has 4 rings (SSSR count). The molecule has 0 saturated carbocycles. The molecule has 2 aromatic heterocycles. The van der Waals surface area contributed by atoms with Crippen molar-refractivity contribution in [1.82, 2.24) is 19.7 Å². The fourth-order valence-corrected chi connectivity index (χ4v) is 3.85. The molecule has 3 aromatic rings. The third-order valence-electron chi connectivity index (χ3n) is 5.51. The van der Waals surface area contributed by atoms with E-state index in [-0.39, 0.29) is 17.9 Å². The molecule has 1 amide bonds. The second-order valence-corrected chi connectivity index (χ2v) is 8.10. The number of hydrogen-bond acceptors (Lipinski definition) is 4. The second-order valence-electron chi connectivity index (χ2n) is 8.10. The maximum absolute atomic E-state index is 13.4. The Balaban J connectivity index is 1.81. The first-order valence-corrected chi connectivity index (χ1v) is 10.1. The molecule has 29 heavy (non-hydrogen) atoms. The predicted molar refractivity (Wildman–Crippen MR) is 112 cm³/mol. The first-order chi connectivity index (χ1) is 14.0. The zero-order valence-electron chi connectivity index (χ0n) is 17.1. The van der Waals surface area contributed by atoms with Crippen LogP contribution in [0.2, 0.25) is 0 Å². The molecule has 1 saturated heterocycles. The van der Waals surface area contributed by atoms with Gasteiger partial charge in [-0.25, -0.2) is 4.98 Å². The summed E-state index contributed by atoms with van der Waals surface area (Å²) in [4.78, 5) is 20.1. The predicted octanol–water partition coefficient (Wildman–Crippen LogP) is 4.36. The van der Waals surface area contributed by atoms with Crippen LogP contribution in [0, 0.1) is 24.2 Å². The summed E-state index contributed by atoms with van der Waals surface area (Å²) in [5.41, 5.74) is 4.18. The van der Waals surface area contributed by atoms with Crippen LogP contribution in [0.25, 0.3) is 22.2 Å². The molecular weight excluding hydrogens is 362 g/mol. The summed E-state index contributed by atoms with van der Waals surface area (Å²) in [5.74, 6) is -0.120. The Morgan fingerprint density at radius 2 is 2.14 bits per heavy atom. The molecule has 1 fully saturated rings. The van der Waals surface area contributed by atoms with Crippen LogP contribution in [0.4, 0.5) is 0 Å². The average molecular weight is 387 g/mol. The summed E-state index contributed by atoms with van der Waals surface area (Å²) in [7, 11) is 0. The Hall–Kier alpha value is -3.20. The number of pyridine rings is 1. The van der Waals surface area contributed by atoms with E-state index in [1.54, 1.807) is 6.20 Å². The van der Waals surface area contributed by atoms with E-state index in [1.165, 1.54) is 0 Å². The largest absolute Gasteiger partial charge is 0.337 e. The summed E-state index contributed by atoms with van der Waals surface area (Å²) in [6.45, 7) is 7.35. The summed E-state index contributed by atoms with van der Waals surface area (Å²) in [6, 6.07) is 10.4. The average Bonchev–Trinajstić information content (AvgIpc) is 3.23. The van der Waals surface area contributed by atoms with Crippen LogP contribution in [-0.2, 0) is 0 Å². The number of piperidine rings is 1. The summed E-state index contributed by atoms with van der Waals surface area (Å²) >= 11 is 0. The van der Waals surface area contributed by atoms with Crippen molar-refractivity contribution in [2.45, 2.75) is 39.7 Å². The van der Waals surface area contributed by atoms with Gasteiger partial charge in [0.2, 0.25) is 0 Å². The monoisotopic (exact) mass is 387 g/mol. The van der Waals surface area contributed by atoms with Gasteiger partial charge in [-0.3, -0.25) is 9.48 Å². The summed E-state index contributed by atoms with van der Waals surface area (Å²) < 4.78 is 1.89. The lowest BCUT2D eigenvalue weighted by Crippen LogP contribution is -2.39. The second kappa shape index (κ2) is 7.67. The van der Waals surface area contributed by atoms with Gasteiger partial charge >= 0.3 is 0 Å². The minimum absolute atomic E-state index is 0.0290. The number of likely N-dealkylation sites (tertiary alicyclic amines) is 1. The molecule has 0 spiro atoms. The first-order valence-electron chi connectivity index (χ1n) is 10.1. The van der Waals surface area contributed by atoms with Crippen LogP contribution in [0.15, 0.2) is 36.7 Å². The van der Waals surface area contributed by atoms with Crippen molar-refractivity contribution in [2.24, 2.45) is 5.92 Å². The van der Waals surface area contributed by atoms with E-state index in [0.717, 1.165) is 40.6 Å². The minimum atomic E-state index is -0.0909. The fraction of sp³-hybridized carbons (Fsp3) is 0.391. The van der Waals surface area contributed by atoms with Gasteiger partial charge in [-0.1, -0.05) is 12.1 Å². The maximum Gasteiger partial charge on any atom is 0.254 e. The molecule has 6 heteroatoms. The lowest BCUT2D eigenvalue weighted by Gasteiger charge is -2.30. The number of benzene rings is 1. The van der Waals surface area contributed by atoms with Crippen molar-refractivity contribution >= 4 is 16.8 Å². The molecule has 1 aliphatic rings. The van der Waals surface area contributed by atoms with E-state index in [9.17, 15) is 10.1 Å². The molecule has 0 radical (unpaired) electrons. The highest BCUT2D eigenvalue weighted by atomic mass is 16.2. The molecular formula is C23H25N5O. The molecule has 1 unspecified atom stereocenters. The Kier molecular flexibility index (Phi) is 5.06. The van der Waals surface area contributed by atoms with Gasteiger partial charge in [-0.2, -0.15) is 10.4 Å². The van der Waals surface area contributed by atoms with Crippen LogP contribution in [0.5, 0.6) is 0 Å². The van der Waals surface area contributed by atoms with E-state index in [4.69, 9.17) is 4.98 Å². The van der Waals surface area contributed by atoms with E-state index < -0.39 is 0 Å². The molecule has 0 bridgehead atoms. The number of fused-ring (bicyclic) bond motifs is 1. The minimum Gasteiger partial charge on any atom is -0.337 e. The Morgan fingerprint density at radius 1 is 1.31 bits per heavy atom. The van der Waals surface area contributed by atoms with Crippen molar-refractivity contribution in [1.29, 1.82) is 5.26 Å². The number of carbonyl (C=O) groups excluding carboxylic acids is 1. The van der Waals surface area contributed by atoms with E-state index in [1.807, 2.05) is 47.0 Å². The van der Waals surface area contributed by atoms with Gasteiger partial charge in [0.1, 0.15) is 0 Å². The number of amides is 1. The van der Waals surface area contributed by atoms with Crippen LogP contribution in [-0.4, -0.2) is 38.7 Å². The Labute approximate surface area is 170 Å². The van der Waals surface area contributed by atoms with Crippen molar-refractivity contribution in [3.63, 3.8) is 0 Å². The molecule has 1 aromatic carbocycles. The Bertz CT molecular complexity index is 1110. The van der Waals surface area contributed by atoms with Gasteiger partial charge in [-0.05, 0) is 51.3 Å². The van der Waals surface area contributed by atoms with Crippen LogP contribution in [0.1, 0.15) is 48.7 Å². The smallest absolute Gasteiger partial charge is 0.254 e. The van der Waals surface area contributed by atoms with Crippen LogP contribution in [0.3, 0.4) is 0 Å². The number of nitriles is 1. The highest BCUT2D eigenvalue weighted by Gasteiger charge is 2.26. The highest BCUT2D eigenvalue weighted by Crippen LogP contribution is 2.28. The van der Waals surface area contributed by atoms with Gasteiger partial charge in [0, 0.05) is 36.3 Å². The summed E-state index contributed by atoms with van der Waals surface area (Å²) in [6.07, 6.45) is 5.48. The molecule has 6 nitrogen and oxygen atoms in total. The standard InChI is InChI=1S/C23H25N5O/c1-15(2)28-14-18(12-25-28)21-10-20(19-7-6-16(3)9-22(19)26-21)23(29)27-8-4-5-17(11-24)13-27/h6-7,9-10,12,14-15,17H,4-5,8,13H2,1-3H3. The van der Waals surface area contributed by atoms with Gasteiger partial charge in [0.25, 0.3) is 5.91 Å². The zero-order valence-corrected chi connectivity index (χ0v) is 17.1. The molecule has 0 aliphatic carbocycles. The zero-order chi connectivity index (χ0) is 20.5. The SMILES string of the molecule is Cc1ccc2c(C(=O)N3CCCC(C#N)C3)cc(-c3cnn(C(C)C)c3)nc2c1. The lowest BCUT2D eigenvalue weighted by molar-refractivity contribution is 0.0701. The molecule has 1 aliphatic heterocycles. The third kappa shape index (κ3) is 3.73. The quantitative estimate of drug-likeness (QED) is 0.669. The van der Waals surface area contributed by atoms with Gasteiger partial charge in [0.15, 0.2) is 0 Å². The van der Waals surface area contributed by atoms with E-state index in [0.29, 0.717) is 18.7 Å². The number of carbonyl (C=O) groups is 1. The summed E-state index contributed by atoms with van der Waals surface area (Å²) in [5, 5.41) is 14.6. The lowest BCUT2D eigenvalue weighted by atomic mass is 9.97. The number of rotatable bonds is 3. The van der Waals surface area contributed by atoms with Crippen molar-refractivity contribution in [3.8, 4) is 17.3 Å². The van der Waals surface area contributed by atoms with Gasteiger partial charge in [-0.15, -0.1) is 0 Å². The first kappa shape index (κ1) is 19.1. The van der Waals surface area contributed by atoms with E-state index >= 15 is 0 Å². The topological polar surface area (TPSA) is 74.8 Å². The van der Waals surface area contributed by atoms with Crippen LogP contribution < -0.4 is 0 Å². The Morgan fingerprint density at radius 3 is 2.86 bits per heavy atom. The van der Waals surface area contributed by atoms with Crippen molar-refractivity contribution in [2.75, 3.05) is 13.1 Å². The molecule has 148 valence electrons. The third-order valence-corrected chi connectivity index (χ3v) is 5.51.